The Bertz CT molecular complexity index is 1280. The van der Waals surface area contributed by atoms with Crippen molar-refractivity contribution in [2.45, 2.75) is 71.3 Å². The van der Waals surface area contributed by atoms with Gasteiger partial charge in [-0.05, 0) is 76.8 Å². The third-order valence-corrected chi connectivity index (χ3v) is 7.83. The molecule has 5 heteroatoms. The molecule has 0 amide bonds. The molecule has 0 aliphatic heterocycles. The number of methoxy groups -OCH3 is 1. The first-order valence-electron chi connectivity index (χ1n) is 12.9. The lowest BCUT2D eigenvalue weighted by molar-refractivity contribution is -0.138. The summed E-state index contributed by atoms with van der Waals surface area (Å²) in [5, 5.41) is 9.27. The van der Waals surface area contributed by atoms with E-state index in [0.29, 0.717) is 29.6 Å². The number of halogens is 1. The summed E-state index contributed by atoms with van der Waals surface area (Å²) >= 11 is 0. The average molecular weight is 505 g/mol. The zero-order valence-electron chi connectivity index (χ0n) is 22.4. The van der Waals surface area contributed by atoms with Crippen LogP contribution in [0.2, 0.25) is 0 Å². The van der Waals surface area contributed by atoms with Gasteiger partial charge in [-0.25, -0.2) is 4.39 Å². The molecule has 1 saturated carbocycles. The van der Waals surface area contributed by atoms with Gasteiger partial charge in [0.2, 0.25) is 0 Å². The minimum Gasteiger partial charge on any atom is -0.497 e. The Balaban J connectivity index is 1.65. The minimum atomic E-state index is -0.828. The van der Waals surface area contributed by atoms with Crippen LogP contribution < -0.4 is 9.47 Å². The quantitative estimate of drug-likeness (QED) is 0.320. The number of ether oxygens (including phenoxy) is 2. The number of hydrogen-bond donors (Lipinski definition) is 1. The summed E-state index contributed by atoms with van der Waals surface area (Å²) in [5.41, 5.74) is 4.15. The zero-order chi connectivity index (χ0) is 26.8. The van der Waals surface area contributed by atoms with Crippen LogP contribution in [-0.4, -0.2) is 18.2 Å². The maximum absolute atomic E-state index is 15.0. The molecular formula is C32H37FO4. The van der Waals surface area contributed by atoms with Crippen molar-refractivity contribution in [3.05, 3.63) is 83.2 Å². The van der Waals surface area contributed by atoms with E-state index < -0.39 is 11.4 Å². The summed E-state index contributed by atoms with van der Waals surface area (Å²) in [6, 6.07) is 18.7. The van der Waals surface area contributed by atoms with Crippen molar-refractivity contribution in [3.63, 3.8) is 0 Å². The molecule has 0 unspecified atom stereocenters. The standard InChI is InChI=1S/C32H37FO4/c1-31(2)15-7-10-28(31)26-16-21(11-13-25(26)27-18-23(36-5)12-14-29(27)33)20-37-24-9-6-8-22(17-24)32(3,4)19-30(34)35/h6,8-9,11-14,16-18,28H,7,10,15,19-20H2,1-5H3,(H,34,35)/t28-/m1/s1. The van der Waals surface area contributed by atoms with Crippen molar-refractivity contribution in [2.75, 3.05) is 7.11 Å². The highest BCUT2D eigenvalue weighted by atomic mass is 19.1. The predicted molar refractivity (Wildman–Crippen MR) is 145 cm³/mol. The first-order chi connectivity index (χ1) is 17.5. The van der Waals surface area contributed by atoms with Gasteiger partial charge >= 0.3 is 5.97 Å². The molecule has 0 heterocycles. The molecule has 1 aliphatic carbocycles. The summed E-state index contributed by atoms with van der Waals surface area (Å²) in [6.07, 6.45) is 3.39. The molecule has 4 rings (SSSR count). The fourth-order valence-corrected chi connectivity index (χ4v) is 5.63. The van der Waals surface area contributed by atoms with Gasteiger partial charge in [-0.3, -0.25) is 4.79 Å². The average Bonchev–Trinajstić information content (AvgIpc) is 3.21. The van der Waals surface area contributed by atoms with Gasteiger partial charge in [0.1, 0.15) is 23.9 Å². The second-order valence-corrected chi connectivity index (χ2v) is 11.5. The molecule has 0 radical (unpaired) electrons. The van der Waals surface area contributed by atoms with Gasteiger partial charge in [0.25, 0.3) is 0 Å². The molecule has 1 atom stereocenters. The normalized spacial score (nSPS) is 17.0. The smallest absolute Gasteiger partial charge is 0.304 e. The molecule has 0 bridgehead atoms. The molecule has 1 fully saturated rings. The number of carbonyl (C=O) groups is 1. The fourth-order valence-electron chi connectivity index (χ4n) is 5.63. The number of rotatable bonds is 9. The van der Waals surface area contributed by atoms with Gasteiger partial charge in [0.15, 0.2) is 0 Å². The maximum atomic E-state index is 15.0. The molecule has 3 aromatic carbocycles. The Morgan fingerprint density at radius 3 is 2.51 bits per heavy atom. The summed E-state index contributed by atoms with van der Waals surface area (Å²) in [4.78, 5) is 11.3. The SMILES string of the molecule is COc1ccc(F)c(-c2ccc(COc3cccc(C(C)(C)CC(=O)O)c3)cc2[C@H]2CCCC2(C)C)c1. The van der Waals surface area contributed by atoms with Crippen molar-refractivity contribution in [3.8, 4) is 22.6 Å². The lowest BCUT2D eigenvalue weighted by Gasteiger charge is -2.30. The van der Waals surface area contributed by atoms with Crippen LogP contribution in [0.3, 0.4) is 0 Å². The van der Waals surface area contributed by atoms with Crippen molar-refractivity contribution < 1.29 is 23.8 Å². The van der Waals surface area contributed by atoms with E-state index in [-0.39, 0.29) is 17.7 Å². The van der Waals surface area contributed by atoms with E-state index in [4.69, 9.17) is 9.47 Å². The highest BCUT2D eigenvalue weighted by Crippen LogP contribution is 2.51. The van der Waals surface area contributed by atoms with E-state index >= 15 is 4.39 Å². The molecule has 4 nitrogen and oxygen atoms in total. The van der Waals surface area contributed by atoms with Crippen LogP contribution >= 0.6 is 0 Å². The van der Waals surface area contributed by atoms with Gasteiger partial charge in [0.05, 0.1) is 13.5 Å². The second kappa shape index (κ2) is 10.6. The number of aliphatic carboxylic acids is 1. The van der Waals surface area contributed by atoms with Crippen LogP contribution in [0.15, 0.2) is 60.7 Å². The van der Waals surface area contributed by atoms with Gasteiger partial charge in [-0.2, -0.15) is 0 Å². The monoisotopic (exact) mass is 504 g/mol. The van der Waals surface area contributed by atoms with Gasteiger partial charge in [-0.1, -0.05) is 64.4 Å². The van der Waals surface area contributed by atoms with Crippen LogP contribution in [0.4, 0.5) is 4.39 Å². The van der Waals surface area contributed by atoms with Crippen LogP contribution in [0, 0.1) is 11.2 Å². The summed E-state index contributed by atoms with van der Waals surface area (Å²) in [5.74, 6) is 0.551. The number of benzene rings is 3. The number of carboxylic acid groups (broad SMARTS) is 1. The highest BCUT2D eigenvalue weighted by Gasteiger charge is 2.37. The number of carboxylic acids is 1. The summed E-state index contributed by atoms with van der Waals surface area (Å²) < 4.78 is 26.6. The Morgan fingerprint density at radius 2 is 1.84 bits per heavy atom. The molecule has 37 heavy (non-hydrogen) atoms. The molecule has 0 spiro atoms. The largest absolute Gasteiger partial charge is 0.497 e. The van der Waals surface area contributed by atoms with Gasteiger partial charge in [0, 0.05) is 11.0 Å². The highest BCUT2D eigenvalue weighted by molar-refractivity contribution is 5.71. The topological polar surface area (TPSA) is 55.8 Å². The zero-order valence-corrected chi connectivity index (χ0v) is 22.4. The van der Waals surface area contributed by atoms with Crippen molar-refractivity contribution in [2.24, 2.45) is 5.41 Å². The van der Waals surface area contributed by atoms with Crippen molar-refractivity contribution in [1.29, 1.82) is 0 Å². The molecular weight excluding hydrogens is 467 g/mol. The lowest BCUT2D eigenvalue weighted by atomic mass is 9.75. The molecule has 1 N–H and O–H groups in total. The first-order valence-corrected chi connectivity index (χ1v) is 12.9. The maximum Gasteiger partial charge on any atom is 0.304 e. The van der Waals surface area contributed by atoms with Gasteiger partial charge < -0.3 is 14.6 Å². The molecule has 196 valence electrons. The fraction of sp³-hybridized carbons (Fsp3) is 0.406. The van der Waals surface area contributed by atoms with Crippen LogP contribution in [0.5, 0.6) is 11.5 Å². The van der Waals surface area contributed by atoms with Crippen molar-refractivity contribution >= 4 is 5.97 Å². The van der Waals surface area contributed by atoms with Gasteiger partial charge in [-0.15, -0.1) is 0 Å². The predicted octanol–water partition coefficient (Wildman–Crippen LogP) is 8.13. The summed E-state index contributed by atoms with van der Waals surface area (Å²) in [7, 11) is 1.59. The number of hydrogen-bond acceptors (Lipinski definition) is 3. The van der Waals surface area contributed by atoms with Crippen molar-refractivity contribution in [1.82, 2.24) is 0 Å². The Hall–Kier alpha value is -3.34. The Morgan fingerprint density at radius 1 is 1.05 bits per heavy atom. The van der Waals surface area contributed by atoms with E-state index in [1.165, 1.54) is 6.07 Å². The molecule has 1 aliphatic rings. The second-order valence-electron chi connectivity index (χ2n) is 11.5. The summed E-state index contributed by atoms with van der Waals surface area (Å²) in [6.45, 7) is 8.80. The molecule has 0 saturated heterocycles. The van der Waals surface area contributed by atoms with E-state index in [0.717, 1.165) is 41.5 Å². The third kappa shape index (κ3) is 5.98. The van der Waals surface area contributed by atoms with Crippen LogP contribution in [0.1, 0.15) is 76.0 Å². The van der Waals surface area contributed by atoms with Crippen LogP contribution in [0.25, 0.3) is 11.1 Å². The minimum absolute atomic E-state index is 0.0410. The van der Waals surface area contributed by atoms with E-state index in [1.54, 1.807) is 19.2 Å². The molecule has 0 aromatic heterocycles. The lowest BCUT2D eigenvalue weighted by Crippen LogP contribution is -2.21. The Labute approximate surface area is 219 Å². The third-order valence-electron chi connectivity index (χ3n) is 7.83. The first kappa shape index (κ1) is 26.7. The molecule has 3 aromatic rings. The van der Waals surface area contributed by atoms with Crippen LogP contribution in [-0.2, 0) is 16.8 Å². The Kier molecular flexibility index (Phi) is 7.63. The van der Waals surface area contributed by atoms with E-state index in [9.17, 15) is 9.90 Å². The van der Waals surface area contributed by atoms with E-state index in [1.807, 2.05) is 50.2 Å². The van der Waals surface area contributed by atoms with E-state index in [2.05, 4.69) is 19.9 Å².